The first kappa shape index (κ1) is 13.8. The van der Waals surface area contributed by atoms with E-state index in [9.17, 15) is 4.79 Å². The summed E-state index contributed by atoms with van der Waals surface area (Å²) in [5.41, 5.74) is 2.76. The molecule has 2 N–H and O–H groups in total. The summed E-state index contributed by atoms with van der Waals surface area (Å²) in [5, 5.41) is 12.5. The average Bonchev–Trinajstić information content (AvgIpc) is 2.56. The molecule has 0 bridgehead atoms. The van der Waals surface area contributed by atoms with E-state index in [1.54, 1.807) is 18.3 Å². The highest BCUT2D eigenvalue weighted by Crippen LogP contribution is 2.33. The molecule has 1 aliphatic heterocycles. The smallest absolute Gasteiger partial charge is 0.335 e. The van der Waals surface area contributed by atoms with Gasteiger partial charge in [-0.25, -0.2) is 4.79 Å². The molecule has 4 heteroatoms. The molecular weight excluding hydrogens is 264 g/mol. The Labute approximate surface area is 123 Å². The Morgan fingerprint density at radius 3 is 2.67 bits per heavy atom. The van der Waals surface area contributed by atoms with Crippen molar-refractivity contribution in [2.24, 2.45) is 0 Å². The van der Waals surface area contributed by atoms with E-state index in [-0.39, 0.29) is 6.04 Å². The molecule has 0 saturated carbocycles. The summed E-state index contributed by atoms with van der Waals surface area (Å²) in [6, 6.07) is 11.5. The van der Waals surface area contributed by atoms with Crippen LogP contribution in [0.2, 0.25) is 0 Å². The van der Waals surface area contributed by atoms with Crippen LogP contribution in [0.4, 0.5) is 0 Å². The third-order valence-electron chi connectivity index (χ3n) is 4.12. The maximum atomic E-state index is 10.9. The first-order valence-electron chi connectivity index (χ1n) is 7.20. The van der Waals surface area contributed by atoms with Crippen molar-refractivity contribution >= 4 is 5.97 Å². The van der Waals surface area contributed by atoms with Crippen LogP contribution in [0.5, 0.6) is 0 Å². The van der Waals surface area contributed by atoms with E-state index >= 15 is 0 Å². The molecule has 0 amide bonds. The highest BCUT2D eigenvalue weighted by Gasteiger charge is 2.24. The summed E-state index contributed by atoms with van der Waals surface area (Å²) < 4.78 is 0. The second-order valence-corrected chi connectivity index (χ2v) is 5.44. The third-order valence-corrected chi connectivity index (χ3v) is 4.12. The van der Waals surface area contributed by atoms with Gasteiger partial charge in [0.1, 0.15) is 0 Å². The summed E-state index contributed by atoms with van der Waals surface area (Å²) in [7, 11) is 0. The first-order valence-corrected chi connectivity index (χ1v) is 7.20. The maximum Gasteiger partial charge on any atom is 0.335 e. The number of hydrogen-bond acceptors (Lipinski definition) is 3. The predicted octanol–water partition coefficient (Wildman–Crippen LogP) is 2.99. The van der Waals surface area contributed by atoms with Crippen LogP contribution in [-0.2, 0) is 0 Å². The van der Waals surface area contributed by atoms with E-state index in [0.29, 0.717) is 11.5 Å². The Morgan fingerprint density at radius 1 is 1.19 bits per heavy atom. The Kier molecular flexibility index (Phi) is 3.97. The van der Waals surface area contributed by atoms with Gasteiger partial charge in [0.05, 0.1) is 5.56 Å². The van der Waals surface area contributed by atoms with Crippen LogP contribution in [0.15, 0.2) is 48.8 Å². The van der Waals surface area contributed by atoms with Crippen molar-refractivity contribution in [1.29, 1.82) is 0 Å². The second kappa shape index (κ2) is 6.06. The van der Waals surface area contributed by atoms with E-state index in [2.05, 4.69) is 16.4 Å². The van der Waals surface area contributed by atoms with E-state index < -0.39 is 5.97 Å². The van der Waals surface area contributed by atoms with Gasteiger partial charge in [-0.1, -0.05) is 18.2 Å². The molecule has 1 aromatic carbocycles. The monoisotopic (exact) mass is 282 g/mol. The number of hydrogen-bond donors (Lipinski definition) is 2. The van der Waals surface area contributed by atoms with Crippen LogP contribution in [-0.4, -0.2) is 22.6 Å². The number of aromatic carboxylic acids is 1. The van der Waals surface area contributed by atoms with E-state index in [0.717, 1.165) is 24.9 Å². The number of carboxylic acid groups (broad SMARTS) is 1. The number of carbonyl (C=O) groups is 1. The van der Waals surface area contributed by atoms with Gasteiger partial charge in [-0.3, -0.25) is 4.98 Å². The van der Waals surface area contributed by atoms with Gasteiger partial charge in [-0.2, -0.15) is 0 Å². The molecule has 1 unspecified atom stereocenters. The fourth-order valence-electron chi connectivity index (χ4n) is 2.95. The minimum absolute atomic E-state index is 0.270. The van der Waals surface area contributed by atoms with Crippen molar-refractivity contribution in [3.05, 3.63) is 65.5 Å². The molecule has 2 heterocycles. The number of nitrogens with one attached hydrogen (secondary N) is 1. The maximum absolute atomic E-state index is 10.9. The Morgan fingerprint density at radius 2 is 2.00 bits per heavy atom. The van der Waals surface area contributed by atoms with E-state index in [1.807, 2.05) is 24.4 Å². The molecule has 1 aromatic heterocycles. The van der Waals surface area contributed by atoms with Crippen LogP contribution >= 0.6 is 0 Å². The molecule has 108 valence electrons. The number of rotatable bonds is 3. The summed E-state index contributed by atoms with van der Waals surface area (Å²) in [4.78, 5) is 15.1. The van der Waals surface area contributed by atoms with Crippen molar-refractivity contribution in [1.82, 2.24) is 10.3 Å². The minimum Gasteiger partial charge on any atom is -0.478 e. The Bertz CT molecular complexity index is 610. The van der Waals surface area contributed by atoms with E-state index in [4.69, 9.17) is 5.11 Å². The molecule has 0 spiro atoms. The van der Waals surface area contributed by atoms with Crippen LogP contribution in [0, 0.1) is 0 Å². The van der Waals surface area contributed by atoms with Gasteiger partial charge in [0, 0.05) is 18.4 Å². The zero-order valence-electron chi connectivity index (χ0n) is 11.7. The van der Waals surface area contributed by atoms with Crippen LogP contribution in [0.1, 0.15) is 46.3 Å². The Hall–Kier alpha value is -2.20. The lowest BCUT2D eigenvalue weighted by atomic mass is 9.84. The third kappa shape index (κ3) is 3.11. The summed E-state index contributed by atoms with van der Waals surface area (Å²) in [6.45, 7) is 0.963. The van der Waals surface area contributed by atoms with Gasteiger partial charge >= 0.3 is 5.97 Å². The van der Waals surface area contributed by atoms with Gasteiger partial charge in [0.25, 0.3) is 0 Å². The van der Waals surface area contributed by atoms with Gasteiger partial charge in [-0.05, 0) is 54.6 Å². The van der Waals surface area contributed by atoms with Crippen LogP contribution in [0.3, 0.4) is 0 Å². The lowest BCUT2D eigenvalue weighted by Gasteiger charge is -2.31. The molecular formula is C17H18N2O2. The number of piperidine rings is 1. The summed E-state index contributed by atoms with van der Waals surface area (Å²) in [6.07, 6.45) is 5.86. The van der Waals surface area contributed by atoms with Gasteiger partial charge in [0.15, 0.2) is 0 Å². The van der Waals surface area contributed by atoms with Gasteiger partial charge in [-0.15, -0.1) is 0 Å². The van der Waals surface area contributed by atoms with Crippen molar-refractivity contribution in [3.63, 3.8) is 0 Å². The van der Waals surface area contributed by atoms with Crippen molar-refractivity contribution in [2.45, 2.75) is 24.8 Å². The van der Waals surface area contributed by atoms with Gasteiger partial charge < -0.3 is 10.4 Å². The summed E-state index contributed by atoms with van der Waals surface area (Å²) in [5.74, 6) is -0.379. The number of nitrogens with zero attached hydrogens (tertiary/aromatic N) is 1. The first-order chi connectivity index (χ1) is 10.2. The molecule has 3 rings (SSSR count). The van der Waals surface area contributed by atoms with Crippen molar-refractivity contribution < 1.29 is 9.90 Å². The van der Waals surface area contributed by atoms with E-state index in [1.165, 1.54) is 5.56 Å². The second-order valence-electron chi connectivity index (χ2n) is 5.44. The molecule has 2 aromatic rings. The van der Waals surface area contributed by atoms with Gasteiger partial charge in [0.2, 0.25) is 0 Å². The highest BCUT2D eigenvalue weighted by atomic mass is 16.4. The molecule has 0 radical (unpaired) electrons. The molecule has 4 nitrogen and oxygen atoms in total. The lowest BCUT2D eigenvalue weighted by molar-refractivity contribution is 0.0697. The largest absolute Gasteiger partial charge is 0.478 e. The standard InChI is InChI=1S/C17H18N2O2/c20-17(21)13-5-3-12(4-6-13)16-10-14(7-9-19-16)15-2-1-8-18-11-15/h1-6,8,11,14,16,19H,7,9-10H2,(H,20,21)/t14?,16-/m0/s1. The lowest BCUT2D eigenvalue weighted by Crippen LogP contribution is -2.31. The van der Waals surface area contributed by atoms with Crippen LogP contribution in [0.25, 0.3) is 0 Å². The molecule has 1 aliphatic rings. The molecule has 1 fully saturated rings. The zero-order chi connectivity index (χ0) is 14.7. The fraction of sp³-hybridized carbons (Fsp3) is 0.294. The molecule has 21 heavy (non-hydrogen) atoms. The fourth-order valence-corrected chi connectivity index (χ4v) is 2.95. The molecule has 0 aliphatic carbocycles. The molecule has 1 saturated heterocycles. The number of benzene rings is 1. The zero-order valence-corrected chi connectivity index (χ0v) is 11.7. The van der Waals surface area contributed by atoms with Crippen molar-refractivity contribution in [3.8, 4) is 0 Å². The normalized spacial score (nSPS) is 21.9. The quantitative estimate of drug-likeness (QED) is 0.908. The topological polar surface area (TPSA) is 62.2 Å². The van der Waals surface area contributed by atoms with Crippen LogP contribution < -0.4 is 5.32 Å². The Balaban J connectivity index is 1.75. The number of pyridine rings is 1. The number of aromatic nitrogens is 1. The number of carboxylic acids is 1. The van der Waals surface area contributed by atoms with Crippen molar-refractivity contribution in [2.75, 3.05) is 6.54 Å². The highest BCUT2D eigenvalue weighted by molar-refractivity contribution is 5.87. The summed E-state index contributed by atoms with van der Waals surface area (Å²) >= 11 is 0. The predicted molar refractivity (Wildman–Crippen MR) is 80.4 cm³/mol. The molecule has 2 atom stereocenters. The SMILES string of the molecule is O=C(O)c1ccc([C@@H]2CC(c3cccnc3)CCN2)cc1. The minimum atomic E-state index is -0.883. The average molecular weight is 282 g/mol.